The van der Waals surface area contributed by atoms with E-state index >= 15 is 0 Å². The highest BCUT2D eigenvalue weighted by Gasteiger charge is 2.27. The van der Waals surface area contributed by atoms with Crippen LogP contribution in [-0.4, -0.2) is 37.6 Å². The Morgan fingerprint density at radius 3 is 2.79 bits per heavy atom. The van der Waals surface area contributed by atoms with Crippen LogP contribution in [0.4, 0.5) is 0 Å². The average Bonchev–Trinajstić information content (AvgIpc) is 3.07. The molecule has 0 aliphatic heterocycles. The van der Waals surface area contributed by atoms with Crippen LogP contribution in [0.5, 0.6) is 0 Å². The monoisotopic (exact) mass is 391 g/mol. The predicted octanol–water partition coefficient (Wildman–Crippen LogP) is 2.42. The Labute approximate surface area is 169 Å². The quantitative estimate of drug-likeness (QED) is 0.693. The lowest BCUT2D eigenvalue weighted by atomic mass is 9.98. The first-order valence-electron chi connectivity index (χ1n) is 9.94. The largest absolute Gasteiger partial charge is 0.341 e. The van der Waals surface area contributed by atoms with Gasteiger partial charge in [0.1, 0.15) is 5.82 Å². The molecule has 0 spiro atoms. The highest BCUT2D eigenvalue weighted by atomic mass is 16.2. The van der Waals surface area contributed by atoms with Gasteiger partial charge in [-0.3, -0.25) is 9.59 Å². The van der Waals surface area contributed by atoms with Gasteiger partial charge in [-0.2, -0.15) is 5.10 Å². The summed E-state index contributed by atoms with van der Waals surface area (Å²) in [5.41, 5.74) is 3.48. The second-order valence-electron chi connectivity index (χ2n) is 7.67. The van der Waals surface area contributed by atoms with E-state index in [1.54, 1.807) is 18.0 Å². The molecule has 1 amide bonds. The topological polar surface area (TPSA) is 83.9 Å². The maximum Gasteiger partial charge on any atom is 0.254 e. The van der Waals surface area contributed by atoms with Crippen LogP contribution in [0.1, 0.15) is 35.5 Å². The first-order chi connectivity index (χ1) is 14.0. The molecule has 0 bridgehead atoms. The standard InChI is InChI=1S/C22H25N5O2/c1-15-24-20-11-9-17(8-10-19(20)21(28)25-15)22(29)26(2)13-16-12-23-27(14-16)18-6-4-3-5-7-18/h3-7,12,14,17H,8-11,13H2,1-2H3,(H,24,25,28). The molecule has 29 heavy (non-hydrogen) atoms. The number of carbonyl (C=O) groups excluding carboxylic acids is 1. The van der Waals surface area contributed by atoms with Gasteiger partial charge in [0, 0.05) is 36.8 Å². The molecule has 1 N–H and O–H groups in total. The molecule has 2 aromatic heterocycles. The Balaban J connectivity index is 1.42. The summed E-state index contributed by atoms with van der Waals surface area (Å²) in [6.45, 7) is 2.30. The predicted molar refractivity (Wildman–Crippen MR) is 110 cm³/mol. The molecule has 0 saturated carbocycles. The fourth-order valence-electron chi connectivity index (χ4n) is 3.98. The summed E-state index contributed by atoms with van der Waals surface area (Å²) in [6.07, 6.45) is 6.40. The second kappa shape index (κ2) is 8.03. The van der Waals surface area contributed by atoms with E-state index in [0.717, 1.165) is 28.9 Å². The molecule has 1 atom stereocenters. The van der Waals surface area contributed by atoms with Crippen LogP contribution >= 0.6 is 0 Å². The van der Waals surface area contributed by atoms with Crippen molar-refractivity contribution in [3.63, 3.8) is 0 Å². The van der Waals surface area contributed by atoms with Crippen molar-refractivity contribution in [3.8, 4) is 5.69 Å². The van der Waals surface area contributed by atoms with Crippen molar-refractivity contribution in [3.05, 3.63) is 75.7 Å². The molecule has 2 heterocycles. The van der Waals surface area contributed by atoms with E-state index in [1.165, 1.54) is 0 Å². The van der Waals surface area contributed by atoms with E-state index in [0.29, 0.717) is 31.6 Å². The Morgan fingerprint density at radius 1 is 1.24 bits per heavy atom. The van der Waals surface area contributed by atoms with Crippen molar-refractivity contribution < 1.29 is 4.79 Å². The number of aryl methyl sites for hydroxylation is 2. The summed E-state index contributed by atoms with van der Waals surface area (Å²) in [4.78, 5) is 34.2. The molecule has 1 unspecified atom stereocenters. The summed E-state index contributed by atoms with van der Waals surface area (Å²) in [5.74, 6) is 0.641. The van der Waals surface area contributed by atoms with Gasteiger partial charge in [0.05, 0.1) is 17.6 Å². The molecule has 0 radical (unpaired) electrons. The van der Waals surface area contributed by atoms with E-state index in [-0.39, 0.29) is 17.4 Å². The molecule has 1 aliphatic rings. The van der Waals surface area contributed by atoms with Gasteiger partial charge in [-0.25, -0.2) is 9.67 Å². The van der Waals surface area contributed by atoms with Crippen LogP contribution in [0.15, 0.2) is 47.5 Å². The summed E-state index contributed by atoms with van der Waals surface area (Å²) >= 11 is 0. The fraction of sp³-hybridized carbons (Fsp3) is 0.364. The van der Waals surface area contributed by atoms with Gasteiger partial charge in [-0.15, -0.1) is 0 Å². The molecular formula is C22H25N5O2. The zero-order valence-corrected chi connectivity index (χ0v) is 16.8. The van der Waals surface area contributed by atoms with E-state index in [2.05, 4.69) is 15.1 Å². The first kappa shape index (κ1) is 19.1. The summed E-state index contributed by atoms with van der Waals surface area (Å²) in [6, 6.07) is 9.89. The highest BCUT2D eigenvalue weighted by molar-refractivity contribution is 5.78. The van der Waals surface area contributed by atoms with Crippen LogP contribution < -0.4 is 5.56 Å². The van der Waals surface area contributed by atoms with Crippen molar-refractivity contribution in [1.29, 1.82) is 0 Å². The molecule has 4 rings (SSSR count). The van der Waals surface area contributed by atoms with Gasteiger partial charge in [-0.05, 0) is 44.7 Å². The Bertz CT molecular complexity index is 1070. The number of carbonyl (C=O) groups is 1. The van der Waals surface area contributed by atoms with Crippen LogP contribution in [0.2, 0.25) is 0 Å². The van der Waals surface area contributed by atoms with Gasteiger partial charge in [0.2, 0.25) is 5.91 Å². The molecule has 1 aromatic carbocycles. The summed E-state index contributed by atoms with van der Waals surface area (Å²) in [7, 11) is 1.83. The normalized spacial score (nSPS) is 16.1. The third-order valence-electron chi connectivity index (χ3n) is 5.49. The number of aromatic amines is 1. The van der Waals surface area contributed by atoms with Crippen molar-refractivity contribution in [2.45, 2.75) is 39.2 Å². The van der Waals surface area contributed by atoms with E-state index < -0.39 is 0 Å². The number of rotatable bonds is 4. The minimum Gasteiger partial charge on any atom is -0.341 e. The number of fused-ring (bicyclic) bond motifs is 1. The highest BCUT2D eigenvalue weighted by Crippen LogP contribution is 2.23. The number of amides is 1. The van der Waals surface area contributed by atoms with Crippen LogP contribution in [0, 0.1) is 12.8 Å². The fourth-order valence-corrected chi connectivity index (χ4v) is 3.98. The van der Waals surface area contributed by atoms with E-state index in [4.69, 9.17) is 0 Å². The van der Waals surface area contributed by atoms with Crippen molar-refractivity contribution in [2.24, 2.45) is 5.92 Å². The molecule has 0 fully saturated rings. The number of nitrogens with zero attached hydrogens (tertiary/aromatic N) is 4. The van der Waals surface area contributed by atoms with Crippen molar-refractivity contribution in [1.82, 2.24) is 24.6 Å². The Hall–Kier alpha value is -3.22. The molecular weight excluding hydrogens is 366 g/mol. The zero-order chi connectivity index (χ0) is 20.4. The van der Waals surface area contributed by atoms with Crippen LogP contribution in [-0.2, 0) is 24.2 Å². The maximum atomic E-state index is 13.0. The van der Waals surface area contributed by atoms with Crippen molar-refractivity contribution in [2.75, 3.05) is 7.05 Å². The minimum atomic E-state index is -0.0990. The smallest absolute Gasteiger partial charge is 0.254 e. The number of hydrogen-bond acceptors (Lipinski definition) is 4. The average molecular weight is 391 g/mol. The van der Waals surface area contributed by atoms with Gasteiger partial charge < -0.3 is 9.88 Å². The van der Waals surface area contributed by atoms with E-state index in [9.17, 15) is 9.59 Å². The lowest BCUT2D eigenvalue weighted by molar-refractivity contribution is -0.135. The Kier molecular flexibility index (Phi) is 5.29. The number of para-hydroxylation sites is 1. The second-order valence-corrected chi connectivity index (χ2v) is 7.67. The molecule has 150 valence electrons. The molecule has 3 aromatic rings. The molecule has 7 nitrogen and oxygen atoms in total. The number of H-pyrrole nitrogens is 1. The lowest BCUT2D eigenvalue weighted by Crippen LogP contribution is -2.32. The van der Waals surface area contributed by atoms with Gasteiger partial charge in [0.25, 0.3) is 5.56 Å². The number of benzene rings is 1. The SMILES string of the molecule is Cc1nc2c(c(=O)[nH]1)CCC(C(=O)N(C)Cc1cnn(-c3ccccc3)c1)CC2. The third-order valence-corrected chi connectivity index (χ3v) is 5.49. The van der Waals surface area contributed by atoms with Gasteiger partial charge >= 0.3 is 0 Å². The van der Waals surface area contributed by atoms with Crippen LogP contribution in [0.25, 0.3) is 5.69 Å². The minimum absolute atomic E-state index is 0.0673. The first-order valence-corrected chi connectivity index (χ1v) is 9.94. The van der Waals surface area contributed by atoms with Crippen LogP contribution in [0.3, 0.4) is 0 Å². The molecule has 7 heteroatoms. The maximum absolute atomic E-state index is 13.0. The van der Waals surface area contributed by atoms with Gasteiger partial charge in [-0.1, -0.05) is 18.2 Å². The third kappa shape index (κ3) is 4.13. The Morgan fingerprint density at radius 2 is 2.00 bits per heavy atom. The summed E-state index contributed by atoms with van der Waals surface area (Å²) < 4.78 is 1.82. The zero-order valence-electron chi connectivity index (χ0n) is 16.8. The number of hydrogen-bond donors (Lipinski definition) is 1. The molecule has 1 aliphatic carbocycles. The number of aromatic nitrogens is 4. The van der Waals surface area contributed by atoms with E-state index in [1.807, 2.05) is 48.3 Å². The molecule has 0 saturated heterocycles. The lowest BCUT2D eigenvalue weighted by Gasteiger charge is -2.22. The van der Waals surface area contributed by atoms with Crippen molar-refractivity contribution >= 4 is 5.91 Å². The van der Waals surface area contributed by atoms with Gasteiger partial charge in [0.15, 0.2) is 0 Å². The summed E-state index contributed by atoms with van der Waals surface area (Å²) in [5, 5.41) is 4.40. The number of nitrogens with one attached hydrogen (secondary N) is 1.